The number of ether oxygens (including phenoxy) is 1. The van der Waals surface area contributed by atoms with Crippen LogP contribution in [0.3, 0.4) is 0 Å². The summed E-state index contributed by atoms with van der Waals surface area (Å²) in [4.78, 5) is 13.7. The van der Waals surface area contributed by atoms with Crippen LogP contribution >= 0.6 is 11.6 Å². The van der Waals surface area contributed by atoms with Crippen LogP contribution in [0, 0.1) is 11.3 Å². The first-order valence-corrected chi connectivity index (χ1v) is 7.24. The second kappa shape index (κ2) is 7.48. The number of hydrogen-bond acceptors (Lipinski definition) is 4. The van der Waals surface area contributed by atoms with Gasteiger partial charge in [0.05, 0.1) is 5.02 Å². The Kier molecular flexibility index (Phi) is 5.40. The first-order chi connectivity index (χ1) is 11.0. The minimum absolute atomic E-state index is 0.0919. The lowest BCUT2D eigenvalue weighted by molar-refractivity contribution is 0.104. The normalized spacial score (nSPS) is 10.3. The average Bonchev–Trinajstić information content (AvgIpc) is 2.53. The largest absolute Gasteiger partial charge is 0.456 e. The molecule has 2 aromatic rings. The Morgan fingerprint density at radius 3 is 2.52 bits per heavy atom. The number of allylic oxidation sites excluding steroid dienone is 1. The third-order valence-electron chi connectivity index (χ3n) is 2.98. The number of ketones is 1. The zero-order chi connectivity index (χ0) is 16.8. The van der Waals surface area contributed by atoms with Crippen LogP contribution in [-0.2, 0) is 0 Å². The van der Waals surface area contributed by atoms with Crippen molar-refractivity contribution in [2.24, 2.45) is 0 Å². The van der Waals surface area contributed by atoms with Gasteiger partial charge in [0.2, 0.25) is 0 Å². The molecule has 5 heteroatoms. The van der Waals surface area contributed by atoms with E-state index in [1.807, 2.05) is 20.2 Å². The lowest BCUT2D eigenvalue weighted by Gasteiger charge is -2.08. The topological polar surface area (TPSA) is 53.3 Å². The summed E-state index contributed by atoms with van der Waals surface area (Å²) in [5, 5.41) is 9.47. The van der Waals surface area contributed by atoms with Gasteiger partial charge in [0, 0.05) is 31.9 Å². The lowest BCUT2D eigenvalue weighted by Crippen LogP contribution is -2.03. The van der Waals surface area contributed by atoms with Crippen molar-refractivity contribution in [3.63, 3.8) is 0 Å². The van der Waals surface area contributed by atoms with E-state index in [-0.39, 0.29) is 11.3 Å². The van der Waals surface area contributed by atoms with Gasteiger partial charge in [-0.3, -0.25) is 4.79 Å². The minimum atomic E-state index is -0.0919. The molecule has 0 aliphatic heterocycles. The number of nitriles is 1. The van der Waals surface area contributed by atoms with Gasteiger partial charge >= 0.3 is 0 Å². The van der Waals surface area contributed by atoms with Crippen molar-refractivity contribution in [1.82, 2.24) is 4.90 Å². The van der Waals surface area contributed by atoms with Gasteiger partial charge in [0.1, 0.15) is 23.1 Å². The highest BCUT2D eigenvalue weighted by molar-refractivity contribution is 6.31. The van der Waals surface area contributed by atoms with E-state index in [9.17, 15) is 4.79 Å². The minimum Gasteiger partial charge on any atom is -0.456 e. The summed E-state index contributed by atoms with van der Waals surface area (Å²) in [6.07, 6.45) is 3.19. The van der Waals surface area contributed by atoms with Gasteiger partial charge in [0.15, 0.2) is 5.78 Å². The van der Waals surface area contributed by atoms with Crippen LogP contribution in [0.4, 0.5) is 0 Å². The quantitative estimate of drug-likeness (QED) is 0.608. The number of rotatable bonds is 5. The third-order valence-corrected chi connectivity index (χ3v) is 3.29. The van der Waals surface area contributed by atoms with Crippen molar-refractivity contribution < 1.29 is 9.53 Å². The summed E-state index contributed by atoms with van der Waals surface area (Å²) < 4.78 is 5.67. The molecule has 2 rings (SSSR count). The van der Waals surface area contributed by atoms with Gasteiger partial charge in [-0.15, -0.1) is 0 Å². The van der Waals surface area contributed by atoms with Crippen LogP contribution in [0.5, 0.6) is 11.5 Å². The fourth-order valence-corrected chi connectivity index (χ4v) is 2.03. The van der Waals surface area contributed by atoms with Crippen LogP contribution in [0.25, 0.3) is 0 Å². The summed E-state index contributed by atoms with van der Waals surface area (Å²) >= 11 is 5.96. The van der Waals surface area contributed by atoms with Crippen molar-refractivity contribution in [2.45, 2.75) is 0 Å². The van der Waals surface area contributed by atoms with Crippen molar-refractivity contribution in [2.75, 3.05) is 14.1 Å². The molecule has 4 nitrogen and oxygen atoms in total. The molecule has 2 aromatic carbocycles. The van der Waals surface area contributed by atoms with E-state index in [4.69, 9.17) is 21.6 Å². The summed E-state index contributed by atoms with van der Waals surface area (Å²) in [6, 6.07) is 13.7. The first kappa shape index (κ1) is 16.6. The van der Waals surface area contributed by atoms with Crippen molar-refractivity contribution >= 4 is 17.4 Å². The van der Waals surface area contributed by atoms with Crippen LogP contribution in [-0.4, -0.2) is 24.8 Å². The fraction of sp³-hybridized carbons (Fsp3) is 0.111. The van der Waals surface area contributed by atoms with Gasteiger partial charge in [-0.25, -0.2) is 0 Å². The van der Waals surface area contributed by atoms with Gasteiger partial charge < -0.3 is 9.64 Å². The zero-order valence-electron chi connectivity index (χ0n) is 12.8. The highest BCUT2D eigenvalue weighted by Gasteiger charge is 2.09. The number of benzene rings is 2. The van der Waals surface area contributed by atoms with E-state index in [1.165, 1.54) is 6.08 Å². The number of carbonyl (C=O) groups is 1. The average molecular weight is 327 g/mol. The molecule has 0 aliphatic rings. The highest BCUT2D eigenvalue weighted by atomic mass is 35.5. The molecule has 0 unspecified atom stereocenters. The van der Waals surface area contributed by atoms with E-state index < -0.39 is 0 Å². The molecule has 0 fully saturated rings. The van der Waals surface area contributed by atoms with Gasteiger partial charge in [-0.1, -0.05) is 17.7 Å². The zero-order valence-corrected chi connectivity index (χ0v) is 13.5. The summed E-state index contributed by atoms with van der Waals surface area (Å²) in [5.41, 5.74) is 0.838. The van der Waals surface area contributed by atoms with Crippen LogP contribution in [0.15, 0.2) is 54.7 Å². The van der Waals surface area contributed by atoms with Gasteiger partial charge in [-0.05, 0) is 36.4 Å². The maximum atomic E-state index is 11.9. The van der Waals surface area contributed by atoms with Crippen molar-refractivity contribution in [3.05, 3.63) is 70.9 Å². The molecule has 0 spiro atoms. The molecule has 0 heterocycles. The molecule has 0 amide bonds. The molecule has 116 valence electrons. The van der Waals surface area contributed by atoms with E-state index in [2.05, 4.69) is 0 Å². The smallest absolute Gasteiger partial charge is 0.187 e. The molecule has 0 saturated carbocycles. The number of carbonyl (C=O) groups excluding carboxylic acids is 1. The van der Waals surface area contributed by atoms with Gasteiger partial charge in [-0.2, -0.15) is 5.26 Å². The maximum Gasteiger partial charge on any atom is 0.187 e. The van der Waals surface area contributed by atoms with Crippen LogP contribution in [0.1, 0.15) is 15.9 Å². The molecular formula is C18H15ClN2O2. The third kappa shape index (κ3) is 4.35. The van der Waals surface area contributed by atoms with Gasteiger partial charge in [0.25, 0.3) is 0 Å². The second-order valence-electron chi connectivity index (χ2n) is 4.99. The number of nitrogens with zero attached hydrogens (tertiary/aromatic N) is 2. The Labute approximate surface area is 140 Å². The number of halogens is 1. The predicted molar refractivity (Wildman–Crippen MR) is 89.8 cm³/mol. The second-order valence-corrected chi connectivity index (χ2v) is 5.40. The molecular weight excluding hydrogens is 312 g/mol. The monoisotopic (exact) mass is 326 g/mol. The van der Waals surface area contributed by atoms with Crippen LogP contribution in [0.2, 0.25) is 5.02 Å². The molecule has 0 aliphatic carbocycles. The Hall–Kier alpha value is -2.77. The van der Waals surface area contributed by atoms with E-state index in [0.717, 1.165) is 0 Å². The molecule has 0 radical (unpaired) electrons. The van der Waals surface area contributed by atoms with E-state index in [1.54, 1.807) is 53.6 Å². The molecule has 0 saturated heterocycles. The SMILES string of the molecule is CN(C)C=CC(=O)c1ccc(Oc2cccc(Cl)c2C#N)cc1. The molecule has 0 aromatic heterocycles. The van der Waals surface area contributed by atoms with Crippen molar-refractivity contribution in [3.8, 4) is 17.6 Å². The molecule has 0 N–H and O–H groups in total. The Morgan fingerprint density at radius 2 is 1.91 bits per heavy atom. The Bertz CT molecular complexity index is 775. The van der Waals surface area contributed by atoms with E-state index >= 15 is 0 Å². The highest BCUT2D eigenvalue weighted by Crippen LogP contribution is 2.29. The van der Waals surface area contributed by atoms with E-state index in [0.29, 0.717) is 22.1 Å². The van der Waals surface area contributed by atoms with Crippen molar-refractivity contribution in [1.29, 1.82) is 5.26 Å². The van der Waals surface area contributed by atoms with Crippen LogP contribution < -0.4 is 4.74 Å². The maximum absolute atomic E-state index is 11.9. The first-order valence-electron chi connectivity index (χ1n) is 6.86. The lowest BCUT2D eigenvalue weighted by atomic mass is 10.1. The predicted octanol–water partition coefficient (Wildman–Crippen LogP) is 4.26. The molecule has 23 heavy (non-hydrogen) atoms. The standard InChI is InChI=1S/C18H15ClN2O2/c1-21(2)11-10-17(22)13-6-8-14(9-7-13)23-18-5-3-4-16(19)15(18)12-20/h3-11H,1-2H3. The molecule has 0 bridgehead atoms. The Morgan fingerprint density at radius 1 is 1.22 bits per heavy atom. The molecule has 0 atom stereocenters. The summed E-state index contributed by atoms with van der Waals surface area (Å²) in [5.74, 6) is 0.814. The number of hydrogen-bond donors (Lipinski definition) is 0. The fourth-order valence-electron chi connectivity index (χ4n) is 1.83. The Balaban J connectivity index is 2.17. The summed E-state index contributed by atoms with van der Waals surface area (Å²) in [7, 11) is 3.69. The summed E-state index contributed by atoms with van der Waals surface area (Å²) in [6.45, 7) is 0.